The van der Waals surface area contributed by atoms with E-state index in [1.807, 2.05) is 6.20 Å². The van der Waals surface area contributed by atoms with Gasteiger partial charge in [-0.3, -0.25) is 9.88 Å². The zero-order valence-corrected chi connectivity index (χ0v) is 12.6. The van der Waals surface area contributed by atoms with Gasteiger partial charge in [-0.1, -0.05) is 11.3 Å². The molecular weight excluding hydrogens is 284 g/mol. The Morgan fingerprint density at radius 1 is 1.29 bits per heavy atom. The third-order valence-electron chi connectivity index (χ3n) is 4.14. The molecule has 1 aliphatic heterocycles. The van der Waals surface area contributed by atoms with E-state index in [0.717, 1.165) is 22.6 Å². The molecule has 6 nitrogen and oxygen atoms in total. The highest BCUT2D eigenvalue weighted by molar-refractivity contribution is 7.13. The lowest BCUT2D eigenvalue weighted by Gasteiger charge is -2.23. The van der Waals surface area contributed by atoms with Crippen molar-refractivity contribution in [2.24, 2.45) is 5.92 Å². The van der Waals surface area contributed by atoms with Gasteiger partial charge in [0, 0.05) is 6.54 Å². The van der Waals surface area contributed by atoms with E-state index in [1.54, 1.807) is 11.7 Å². The number of aromatic nitrogens is 4. The van der Waals surface area contributed by atoms with E-state index in [4.69, 9.17) is 4.98 Å². The van der Waals surface area contributed by atoms with Gasteiger partial charge in [0.2, 0.25) is 5.13 Å². The molecule has 1 saturated carbocycles. The summed E-state index contributed by atoms with van der Waals surface area (Å²) in [5.74, 6) is 1.67. The number of anilines is 2. The van der Waals surface area contributed by atoms with E-state index in [0.29, 0.717) is 6.04 Å². The number of hydrogen-bond acceptors (Lipinski definition) is 7. The summed E-state index contributed by atoms with van der Waals surface area (Å²) in [6.45, 7) is 2.41. The summed E-state index contributed by atoms with van der Waals surface area (Å²) >= 11 is 1.46. The van der Waals surface area contributed by atoms with Gasteiger partial charge in [0.15, 0.2) is 5.82 Å². The number of nitrogens with one attached hydrogen (secondary N) is 1. The summed E-state index contributed by atoms with van der Waals surface area (Å²) in [6, 6.07) is 0.425. The third kappa shape index (κ3) is 3.03. The second-order valence-corrected chi connectivity index (χ2v) is 6.63. The molecule has 0 radical (unpaired) electrons. The van der Waals surface area contributed by atoms with Gasteiger partial charge in [-0.25, -0.2) is 4.98 Å². The van der Waals surface area contributed by atoms with Crippen LogP contribution in [0.15, 0.2) is 17.9 Å². The third-order valence-corrected chi connectivity index (χ3v) is 4.75. The smallest absolute Gasteiger partial charge is 0.211 e. The summed E-state index contributed by atoms with van der Waals surface area (Å²) in [4.78, 5) is 11.7. The first-order valence-corrected chi connectivity index (χ1v) is 8.35. The largest absolute Gasteiger partial charge is 0.313 e. The first-order valence-electron chi connectivity index (χ1n) is 7.47. The van der Waals surface area contributed by atoms with Crippen molar-refractivity contribution in [2.45, 2.75) is 31.7 Å². The molecule has 1 saturated heterocycles. The molecule has 0 amide bonds. The van der Waals surface area contributed by atoms with Gasteiger partial charge in [0.1, 0.15) is 5.51 Å². The highest BCUT2D eigenvalue weighted by atomic mass is 32.1. The zero-order valence-electron chi connectivity index (χ0n) is 11.8. The van der Waals surface area contributed by atoms with Crippen LogP contribution in [0, 0.1) is 5.92 Å². The van der Waals surface area contributed by atoms with Crippen LogP contribution < -0.4 is 5.32 Å². The van der Waals surface area contributed by atoms with Crippen LogP contribution in [0.5, 0.6) is 0 Å². The lowest BCUT2D eigenvalue weighted by molar-refractivity contribution is 0.242. The van der Waals surface area contributed by atoms with Gasteiger partial charge < -0.3 is 5.32 Å². The van der Waals surface area contributed by atoms with Crippen LogP contribution >= 0.6 is 11.3 Å². The second kappa shape index (κ2) is 5.65. The first kappa shape index (κ1) is 13.1. The highest BCUT2D eigenvalue weighted by Gasteiger charge is 2.32. The first-order chi connectivity index (χ1) is 10.4. The molecule has 0 unspecified atom stereocenters. The van der Waals surface area contributed by atoms with Crippen LogP contribution in [0.25, 0.3) is 0 Å². The molecule has 4 rings (SSSR count). The molecule has 1 atom stereocenters. The standard InChI is InChI=1S/C14H18N6S/c1-2-12(20(5-1)8-10-3-4-10)11-6-15-7-13(17-11)18-14-19-16-9-21-14/h6-7,9-10,12H,1-5,8H2,(H,17,18,19)/t12-/m0/s1. The van der Waals surface area contributed by atoms with Crippen molar-refractivity contribution in [1.29, 1.82) is 0 Å². The van der Waals surface area contributed by atoms with E-state index in [1.165, 1.54) is 50.1 Å². The van der Waals surface area contributed by atoms with Crippen LogP contribution in [-0.4, -0.2) is 38.2 Å². The number of hydrogen-bond donors (Lipinski definition) is 1. The molecule has 1 N–H and O–H groups in total. The van der Waals surface area contributed by atoms with Crippen LogP contribution in [0.3, 0.4) is 0 Å². The molecule has 2 fully saturated rings. The molecule has 110 valence electrons. The maximum Gasteiger partial charge on any atom is 0.211 e. The Kier molecular flexibility index (Phi) is 3.52. The number of rotatable bonds is 5. The minimum Gasteiger partial charge on any atom is -0.313 e. The van der Waals surface area contributed by atoms with Crippen molar-refractivity contribution >= 4 is 22.3 Å². The molecule has 1 aliphatic carbocycles. The lowest BCUT2D eigenvalue weighted by atomic mass is 10.1. The van der Waals surface area contributed by atoms with E-state index >= 15 is 0 Å². The molecule has 3 heterocycles. The fourth-order valence-corrected chi connectivity index (χ4v) is 3.40. The fraction of sp³-hybridized carbons (Fsp3) is 0.571. The Labute approximate surface area is 127 Å². The topological polar surface area (TPSA) is 66.8 Å². The molecule has 2 aromatic heterocycles. The molecule has 0 spiro atoms. The van der Waals surface area contributed by atoms with Crippen molar-refractivity contribution in [2.75, 3.05) is 18.4 Å². The van der Waals surface area contributed by atoms with Gasteiger partial charge in [-0.15, -0.1) is 10.2 Å². The molecule has 2 aromatic rings. The molecular formula is C14H18N6S. The molecule has 0 aromatic carbocycles. The molecule has 21 heavy (non-hydrogen) atoms. The Morgan fingerprint density at radius 2 is 2.24 bits per heavy atom. The highest BCUT2D eigenvalue weighted by Crippen LogP contribution is 2.37. The van der Waals surface area contributed by atoms with Gasteiger partial charge in [-0.05, 0) is 38.1 Å². The average molecular weight is 302 g/mol. The Morgan fingerprint density at radius 3 is 3.05 bits per heavy atom. The van der Waals surface area contributed by atoms with E-state index in [2.05, 4.69) is 25.4 Å². The quantitative estimate of drug-likeness (QED) is 0.916. The maximum absolute atomic E-state index is 4.73. The zero-order chi connectivity index (χ0) is 14.1. The minimum atomic E-state index is 0.425. The Bertz CT molecular complexity index is 597. The number of likely N-dealkylation sites (tertiary alicyclic amines) is 1. The van der Waals surface area contributed by atoms with Gasteiger partial charge in [0.25, 0.3) is 0 Å². The summed E-state index contributed by atoms with van der Waals surface area (Å²) in [6.07, 6.45) is 8.88. The Hall–Kier alpha value is -1.60. The normalized spacial score (nSPS) is 22.6. The van der Waals surface area contributed by atoms with Crippen molar-refractivity contribution in [3.63, 3.8) is 0 Å². The molecule has 7 heteroatoms. The van der Waals surface area contributed by atoms with Gasteiger partial charge >= 0.3 is 0 Å². The second-order valence-electron chi connectivity index (χ2n) is 5.79. The van der Waals surface area contributed by atoms with Crippen molar-refractivity contribution in [3.05, 3.63) is 23.6 Å². The van der Waals surface area contributed by atoms with E-state index in [9.17, 15) is 0 Å². The van der Waals surface area contributed by atoms with Crippen molar-refractivity contribution < 1.29 is 0 Å². The summed E-state index contributed by atoms with van der Waals surface area (Å²) in [5.41, 5.74) is 2.77. The Balaban J connectivity index is 1.51. The van der Waals surface area contributed by atoms with Crippen molar-refractivity contribution in [1.82, 2.24) is 25.1 Å². The monoisotopic (exact) mass is 302 g/mol. The van der Waals surface area contributed by atoms with E-state index < -0.39 is 0 Å². The van der Waals surface area contributed by atoms with E-state index in [-0.39, 0.29) is 0 Å². The summed E-state index contributed by atoms with van der Waals surface area (Å²) in [5, 5.41) is 11.7. The van der Waals surface area contributed by atoms with Crippen LogP contribution in [0.2, 0.25) is 0 Å². The van der Waals surface area contributed by atoms with Gasteiger partial charge in [0.05, 0.1) is 24.1 Å². The minimum absolute atomic E-state index is 0.425. The predicted molar refractivity (Wildman–Crippen MR) is 81.5 cm³/mol. The predicted octanol–water partition coefficient (Wildman–Crippen LogP) is 2.62. The summed E-state index contributed by atoms with van der Waals surface area (Å²) in [7, 11) is 0. The summed E-state index contributed by atoms with van der Waals surface area (Å²) < 4.78 is 0. The number of nitrogens with zero attached hydrogens (tertiary/aromatic N) is 5. The van der Waals surface area contributed by atoms with Crippen molar-refractivity contribution in [3.8, 4) is 0 Å². The fourth-order valence-electron chi connectivity index (χ4n) is 2.95. The lowest BCUT2D eigenvalue weighted by Crippen LogP contribution is -2.26. The van der Waals surface area contributed by atoms with Crippen LogP contribution in [0.4, 0.5) is 10.9 Å². The van der Waals surface area contributed by atoms with Crippen LogP contribution in [-0.2, 0) is 0 Å². The average Bonchev–Trinajstić information content (AvgIpc) is 2.98. The SMILES string of the molecule is c1nnc(Nc2cncc([C@@H]3CCCN3CC3CC3)n2)s1. The molecule has 2 aliphatic rings. The van der Waals surface area contributed by atoms with Crippen LogP contribution in [0.1, 0.15) is 37.4 Å². The van der Waals surface area contributed by atoms with Gasteiger partial charge in [-0.2, -0.15) is 0 Å². The maximum atomic E-state index is 4.73. The molecule has 0 bridgehead atoms.